The van der Waals surface area contributed by atoms with Gasteiger partial charge in [0.15, 0.2) is 0 Å². The van der Waals surface area contributed by atoms with Crippen molar-refractivity contribution in [1.29, 1.82) is 0 Å². The Hall–Kier alpha value is -2.34. The van der Waals surface area contributed by atoms with E-state index in [9.17, 15) is 9.59 Å². The minimum Gasteiger partial charge on any atom is -0.375 e. The number of carbonyl (C=O) groups excluding carboxylic acids is 2. The zero-order valence-corrected chi connectivity index (χ0v) is 14.1. The smallest absolute Gasteiger partial charge is 0.251 e. The van der Waals surface area contributed by atoms with Gasteiger partial charge in [0.25, 0.3) is 5.91 Å². The number of fused-ring (bicyclic) bond motifs is 1. The molecule has 24 heavy (non-hydrogen) atoms. The fourth-order valence-corrected chi connectivity index (χ4v) is 3.23. The standard InChI is InChI=1S/C18H23N3O3/c1-20-9-7-13-10-14(5-6-16(13)20)18(23)19-15-4-3-8-21(11-15)17(22)12-24-2/h5-7,9-10,15H,3-4,8,11-12H2,1-2H3,(H,19,23)/t15-/m1/s1. The number of ether oxygens (including phenoxy) is 1. The summed E-state index contributed by atoms with van der Waals surface area (Å²) in [5.74, 6) is -0.117. The molecule has 6 nitrogen and oxygen atoms in total. The summed E-state index contributed by atoms with van der Waals surface area (Å²) in [5.41, 5.74) is 1.74. The highest BCUT2D eigenvalue weighted by Gasteiger charge is 2.24. The van der Waals surface area contributed by atoms with Gasteiger partial charge in [-0.25, -0.2) is 0 Å². The van der Waals surface area contributed by atoms with Crippen molar-refractivity contribution >= 4 is 22.7 Å². The number of aryl methyl sites for hydroxylation is 1. The summed E-state index contributed by atoms with van der Waals surface area (Å²) >= 11 is 0. The van der Waals surface area contributed by atoms with Crippen LogP contribution >= 0.6 is 0 Å². The molecule has 128 valence electrons. The van der Waals surface area contributed by atoms with Crippen LogP contribution in [0.2, 0.25) is 0 Å². The van der Waals surface area contributed by atoms with Gasteiger partial charge in [-0.05, 0) is 37.1 Å². The molecular weight excluding hydrogens is 306 g/mol. The van der Waals surface area contributed by atoms with E-state index in [1.165, 1.54) is 7.11 Å². The maximum absolute atomic E-state index is 12.5. The number of nitrogens with one attached hydrogen (secondary N) is 1. The number of piperidine rings is 1. The van der Waals surface area contributed by atoms with Crippen molar-refractivity contribution in [2.45, 2.75) is 18.9 Å². The topological polar surface area (TPSA) is 63.6 Å². The molecule has 1 aromatic carbocycles. The Labute approximate surface area is 141 Å². The van der Waals surface area contributed by atoms with Crippen LogP contribution in [0, 0.1) is 0 Å². The van der Waals surface area contributed by atoms with Crippen LogP contribution in [-0.4, -0.2) is 54.1 Å². The summed E-state index contributed by atoms with van der Waals surface area (Å²) in [6, 6.07) is 7.69. The number of hydrogen-bond donors (Lipinski definition) is 1. The van der Waals surface area contributed by atoms with Gasteiger partial charge in [0.05, 0.1) is 0 Å². The zero-order valence-electron chi connectivity index (χ0n) is 14.1. The second-order valence-corrected chi connectivity index (χ2v) is 6.29. The van der Waals surface area contributed by atoms with Crippen LogP contribution in [0.4, 0.5) is 0 Å². The van der Waals surface area contributed by atoms with Crippen molar-refractivity contribution in [2.24, 2.45) is 7.05 Å². The van der Waals surface area contributed by atoms with Gasteiger partial charge in [0.1, 0.15) is 6.61 Å². The molecule has 1 aromatic heterocycles. The van der Waals surface area contributed by atoms with E-state index in [1.54, 1.807) is 4.90 Å². The van der Waals surface area contributed by atoms with Gasteiger partial charge in [-0.3, -0.25) is 9.59 Å². The second-order valence-electron chi connectivity index (χ2n) is 6.29. The zero-order chi connectivity index (χ0) is 17.1. The van der Waals surface area contributed by atoms with E-state index in [0.717, 1.165) is 30.3 Å². The van der Waals surface area contributed by atoms with Crippen LogP contribution in [0.1, 0.15) is 23.2 Å². The molecule has 2 aromatic rings. The molecular formula is C18H23N3O3. The van der Waals surface area contributed by atoms with E-state index >= 15 is 0 Å². The lowest BCUT2D eigenvalue weighted by atomic mass is 10.0. The van der Waals surface area contributed by atoms with Gasteiger partial charge in [-0.15, -0.1) is 0 Å². The summed E-state index contributed by atoms with van der Waals surface area (Å²) < 4.78 is 6.93. The number of rotatable bonds is 4. The Morgan fingerprint density at radius 1 is 1.33 bits per heavy atom. The SMILES string of the molecule is COCC(=O)N1CCC[C@@H](NC(=O)c2ccc3c(ccn3C)c2)C1. The minimum absolute atomic E-state index is 0.0153. The Bertz CT molecular complexity index is 753. The van der Waals surface area contributed by atoms with Gasteiger partial charge < -0.3 is 19.5 Å². The largest absolute Gasteiger partial charge is 0.375 e. The van der Waals surface area contributed by atoms with Gasteiger partial charge in [-0.1, -0.05) is 0 Å². The highest BCUT2D eigenvalue weighted by Crippen LogP contribution is 2.17. The van der Waals surface area contributed by atoms with Crippen LogP contribution in [0.3, 0.4) is 0 Å². The number of aromatic nitrogens is 1. The third-order valence-electron chi connectivity index (χ3n) is 4.52. The molecule has 1 aliphatic heterocycles. The van der Waals surface area contributed by atoms with Crippen molar-refractivity contribution in [2.75, 3.05) is 26.8 Å². The van der Waals surface area contributed by atoms with Gasteiger partial charge in [0, 0.05) is 56.0 Å². The predicted molar refractivity (Wildman–Crippen MR) is 91.9 cm³/mol. The highest BCUT2D eigenvalue weighted by atomic mass is 16.5. The molecule has 0 spiro atoms. The molecule has 0 aliphatic carbocycles. The molecule has 1 fully saturated rings. The average Bonchev–Trinajstić information content (AvgIpc) is 2.96. The van der Waals surface area contributed by atoms with E-state index in [0.29, 0.717) is 12.1 Å². The molecule has 6 heteroatoms. The Morgan fingerprint density at radius 2 is 2.17 bits per heavy atom. The average molecular weight is 329 g/mol. The molecule has 1 aliphatic rings. The number of methoxy groups -OCH3 is 1. The number of nitrogens with zero attached hydrogens (tertiary/aromatic N) is 2. The minimum atomic E-state index is -0.0909. The summed E-state index contributed by atoms with van der Waals surface area (Å²) in [6.07, 6.45) is 3.75. The summed E-state index contributed by atoms with van der Waals surface area (Å²) in [6.45, 7) is 1.36. The lowest BCUT2D eigenvalue weighted by Gasteiger charge is -2.33. The third kappa shape index (κ3) is 3.43. The Balaban J connectivity index is 1.65. The number of benzene rings is 1. The monoisotopic (exact) mass is 329 g/mol. The molecule has 3 rings (SSSR count). The third-order valence-corrected chi connectivity index (χ3v) is 4.52. The predicted octanol–water partition coefficient (Wildman–Crippen LogP) is 1.55. The van der Waals surface area contributed by atoms with Crippen LogP contribution in [0.5, 0.6) is 0 Å². The first-order valence-electron chi connectivity index (χ1n) is 8.21. The lowest BCUT2D eigenvalue weighted by molar-refractivity contribution is -0.136. The molecule has 1 saturated heterocycles. The first-order chi connectivity index (χ1) is 11.6. The van der Waals surface area contributed by atoms with Gasteiger partial charge in [-0.2, -0.15) is 0 Å². The van der Waals surface area contributed by atoms with Gasteiger partial charge >= 0.3 is 0 Å². The molecule has 1 N–H and O–H groups in total. The molecule has 1 atom stereocenters. The van der Waals surface area contributed by atoms with Crippen molar-refractivity contribution in [3.8, 4) is 0 Å². The number of amides is 2. The normalized spacial score (nSPS) is 17.9. The van der Waals surface area contributed by atoms with Crippen molar-refractivity contribution < 1.29 is 14.3 Å². The van der Waals surface area contributed by atoms with Crippen LogP contribution in [-0.2, 0) is 16.6 Å². The van der Waals surface area contributed by atoms with E-state index in [-0.39, 0.29) is 24.5 Å². The molecule has 2 amide bonds. The van der Waals surface area contributed by atoms with Crippen molar-refractivity contribution in [3.05, 3.63) is 36.0 Å². The van der Waals surface area contributed by atoms with Crippen LogP contribution < -0.4 is 5.32 Å². The summed E-state index contributed by atoms with van der Waals surface area (Å²) in [7, 11) is 3.50. The Kier molecular flexibility index (Phi) is 4.85. The molecule has 0 unspecified atom stereocenters. The molecule has 0 radical (unpaired) electrons. The van der Waals surface area contributed by atoms with E-state index < -0.39 is 0 Å². The maximum atomic E-state index is 12.5. The Morgan fingerprint density at radius 3 is 2.96 bits per heavy atom. The summed E-state index contributed by atoms with van der Waals surface area (Å²) in [5, 5.41) is 4.10. The molecule has 0 saturated carbocycles. The van der Waals surface area contributed by atoms with Crippen molar-refractivity contribution in [1.82, 2.24) is 14.8 Å². The second kappa shape index (κ2) is 7.05. The molecule has 0 bridgehead atoms. The van der Waals surface area contributed by atoms with Crippen LogP contribution in [0.15, 0.2) is 30.5 Å². The summed E-state index contributed by atoms with van der Waals surface area (Å²) in [4.78, 5) is 26.2. The first kappa shape index (κ1) is 16.5. The quantitative estimate of drug-likeness (QED) is 0.925. The van der Waals surface area contributed by atoms with E-state index in [2.05, 4.69) is 5.32 Å². The van der Waals surface area contributed by atoms with Crippen molar-refractivity contribution in [3.63, 3.8) is 0 Å². The highest BCUT2D eigenvalue weighted by molar-refractivity contribution is 5.98. The van der Waals surface area contributed by atoms with Gasteiger partial charge in [0.2, 0.25) is 5.91 Å². The molecule has 2 heterocycles. The number of hydrogen-bond acceptors (Lipinski definition) is 3. The fourth-order valence-electron chi connectivity index (χ4n) is 3.23. The van der Waals surface area contributed by atoms with Crippen LogP contribution in [0.25, 0.3) is 10.9 Å². The lowest BCUT2D eigenvalue weighted by Crippen LogP contribution is -2.50. The fraction of sp³-hybridized carbons (Fsp3) is 0.444. The number of likely N-dealkylation sites (tertiary alicyclic amines) is 1. The number of carbonyl (C=O) groups is 2. The van der Waals surface area contributed by atoms with E-state index in [1.807, 2.05) is 42.1 Å². The van der Waals surface area contributed by atoms with E-state index in [4.69, 9.17) is 4.74 Å². The maximum Gasteiger partial charge on any atom is 0.251 e. The first-order valence-corrected chi connectivity index (χ1v) is 8.21.